The van der Waals surface area contributed by atoms with E-state index in [0.717, 1.165) is 10.6 Å². The fourth-order valence-electron chi connectivity index (χ4n) is 1.16. The van der Waals surface area contributed by atoms with Crippen molar-refractivity contribution in [3.8, 4) is 0 Å². The van der Waals surface area contributed by atoms with Crippen LogP contribution >= 0.6 is 0 Å². The molecule has 6 nitrogen and oxygen atoms in total. The summed E-state index contributed by atoms with van der Waals surface area (Å²) in [6, 6.07) is 8.83. The number of hydrogen-bond acceptors (Lipinski definition) is 3. The molecule has 0 spiro atoms. The normalized spacial score (nSPS) is 8.76. The molecule has 0 atom stereocenters. The first kappa shape index (κ1) is 13.9. The minimum Gasteiger partial charge on any atom is -0.518 e. The first-order valence-corrected chi connectivity index (χ1v) is 4.69. The zero-order valence-corrected chi connectivity index (χ0v) is 11.6. The van der Waals surface area contributed by atoms with Crippen LogP contribution < -0.4 is 16.3 Å². The second-order valence-corrected chi connectivity index (χ2v) is 2.97. The first-order chi connectivity index (χ1) is 7.77. The summed E-state index contributed by atoms with van der Waals surface area (Å²) in [6.07, 6.45) is 1.46. The van der Waals surface area contributed by atoms with Crippen LogP contribution in [0.25, 0.3) is 0 Å². The predicted molar refractivity (Wildman–Crippen MR) is 58.4 cm³/mol. The third kappa shape index (κ3) is 4.30. The summed E-state index contributed by atoms with van der Waals surface area (Å²) >= 11 is 0. The monoisotopic (exact) mass is 478 g/mol. The summed E-state index contributed by atoms with van der Waals surface area (Å²) in [6.45, 7) is 0.267. The maximum absolute atomic E-state index is 11.4. The number of nitrogens with one attached hydrogen (secondary N) is 3. The van der Waals surface area contributed by atoms with E-state index in [2.05, 4.69) is 16.3 Å². The van der Waals surface area contributed by atoms with Crippen molar-refractivity contribution >= 4 is 12.4 Å². The van der Waals surface area contributed by atoms with Gasteiger partial charge in [0, 0.05) is 7.05 Å². The van der Waals surface area contributed by atoms with E-state index in [9.17, 15) is 9.59 Å². The summed E-state index contributed by atoms with van der Waals surface area (Å²) in [5, 5.41) is 1.11. The molecule has 0 aromatic heterocycles. The maximum atomic E-state index is 11.4. The van der Waals surface area contributed by atoms with Crippen LogP contribution in [-0.4, -0.2) is 24.5 Å². The quantitative estimate of drug-likeness (QED) is 0.315. The van der Waals surface area contributed by atoms with Gasteiger partial charge in [-0.3, -0.25) is 10.4 Å². The van der Waals surface area contributed by atoms with Crippen LogP contribution in [0.4, 0.5) is 4.79 Å². The molecule has 0 aliphatic carbocycles. The van der Waals surface area contributed by atoms with Crippen LogP contribution in [0.5, 0.6) is 0 Å². The Bertz CT molecular complexity index is 347. The van der Waals surface area contributed by atoms with Crippen molar-refractivity contribution in [3.63, 3.8) is 0 Å². The van der Waals surface area contributed by atoms with Crippen LogP contribution in [0.1, 0.15) is 5.56 Å². The molecule has 0 saturated heterocycles. The van der Waals surface area contributed by atoms with Crippen LogP contribution in [0.2, 0.25) is 0 Å². The zero-order valence-electron chi connectivity index (χ0n) is 9.15. The number of hydrogen-bond donors (Lipinski definition) is 3. The van der Waals surface area contributed by atoms with Crippen molar-refractivity contribution in [1.82, 2.24) is 21.3 Å². The Morgan fingerprint density at radius 1 is 1.35 bits per heavy atom. The fourth-order valence-corrected chi connectivity index (χ4v) is 1.16. The number of benzene rings is 1. The third-order valence-electron chi connectivity index (χ3n) is 1.84. The zero-order chi connectivity index (χ0) is 11.8. The Morgan fingerprint density at radius 2 is 2.00 bits per heavy atom. The molecule has 0 heterocycles. The molecule has 0 aliphatic heterocycles. The van der Waals surface area contributed by atoms with Gasteiger partial charge in [-0.2, -0.15) is 0 Å². The summed E-state index contributed by atoms with van der Waals surface area (Å²) in [5.74, 6) is 0. The van der Waals surface area contributed by atoms with E-state index in [4.69, 9.17) is 0 Å². The summed E-state index contributed by atoms with van der Waals surface area (Å²) in [7, 11) is 1.56. The van der Waals surface area contributed by atoms with E-state index in [1.165, 1.54) is 6.41 Å². The molecule has 0 fully saturated rings. The largest absolute Gasteiger partial charge is 0.518 e. The number of hydrazine groups is 2. The summed E-state index contributed by atoms with van der Waals surface area (Å²) in [4.78, 5) is 21.7. The van der Waals surface area contributed by atoms with Gasteiger partial charge in [-0.15, -0.1) is 6.41 Å². The third-order valence-corrected chi connectivity index (χ3v) is 1.84. The van der Waals surface area contributed by atoms with Gasteiger partial charge in [0.15, 0.2) is 0 Å². The van der Waals surface area contributed by atoms with Crippen LogP contribution in [-0.2, 0) is 11.3 Å². The molecule has 7 heteroatoms. The molecule has 0 radical (unpaired) electrons. The minimum absolute atomic E-state index is 0. The molecule has 3 amide bonds. The molecule has 0 bridgehead atoms. The molecule has 98 valence electrons. The number of nitrogens with zero attached hydrogens (tertiary/aromatic N) is 1. The molecule has 0 aliphatic rings. The Balaban J connectivity index is 0.00000256. The minimum atomic E-state index is -0.463. The molecule has 1 rings (SSSR count). The van der Waals surface area contributed by atoms with Gasteiger partial charge in [-0.25, -0.2) is 10.2 Å². The average molecular weight is 478 g/mol. The van der Waals surface area contributed by atoms with E-state index < -0.39 is 6.03 Å². The predicted octanol–water partition coefficient (Wildman–Crippen LogP) is -0.0956. The topological polar surface area (TPSA) is 73.5 Å². The van der Waals surface area contributed by atoms with Crippen molar-refractivity contribution in [2.75, 3.05) is 7.05 Å². The van der Waals surface area contributed by atoms with E-state index in [-0.39, 0.29) is 6.54 Å². The van der Waals surface area contributed by atoms with Gasteiger partial charge in [-0.05, 0) is 5.56 Å². The number of urea groups is 1. The standard InChI is InChI=1S/C10H13N4O2.Fm/c1-11-13-10(16)14(12-8-15)7-9-5-3-2-4-6-9;/h2-6,11H,7H2,1H3,(H,12,15)(H,13,16);/q-1;. The van der Waals surface area contributed by atoms with Gasteiger partial charge < -0.3 is 10.2 Å². The van der Waals surface area contributed by atoms with Gasteiger partial charge in [0.2, 0.25) is 0 Å². The van der Waals surface area contributed by atoms with Crippen molar-refractivity contribution < 1.29 is 9.59 Å². The van der Waals surface area contributed by atoms with E-state index >= 15 is 0 Å². The van der Waals surface area contributed by atoms with E-state index in [1.54, 1.807) is 7.05 Å². The molecule has 0 saturated carbocycles. The van der Waals surface area contributed by atoms with Crippen molar-refractivity contribution in [1.29, 1.82) is 0 Å². The molecule has 17 heavy (non-hydrogen) atoms. The number of rotatable bonds is 5. The maximum Gasteiger partial charge on any atom is 0.348 e. The molecule has 1 aromatic carbocycles. The second-order valence-electron chi connectivity index (χ2n) is 2.97. The van der Waals surface area contributed by atoms with Crippen LogP contribution in [0, 0.1) is 0 Å². The molecular weight excluding hydrogens is 465 g/mol. The molecular formula is C10H13FmN4O2-. The number of amides is 3. The first-order valence-electron chi connectivity index (χ1n) is 4.69. The Morgan fingerprint density at radius 3 is 2.53 bits per heavy atom. The smallest absolute Gasteiger partial charge is 0.348 e. The van der Waals surface area contributed by atoms with Crippen molar-refractivity contribution in [2.24, 2.45) is 0 Å². The van der Waals surface area contributed by atoms with Crippen LogP contribution in [0.15, 0.2) is 30.3 Å². The van der Waals surface area contributed by atoms with Gasteiger partial charge in [0.1, 0.15) is 0 Å². The van der Waals surface area contributed by atoms with E-state index in [1.807, 2.05) is 30.3 Å². The summed E-state index contributed by atoms with van der Waals surface area (Å²) < 4.78 is 0. The van der Waals surface area contributed by atoms with Gasteiger partial charge >= 0.3 is 6.03 Å². The number of carbonyl (C=O) groups excluding carboxylic acids is 2. The Labute approximate surface area is 93.6 Å². The van der Waals surface area contributed by atoms with Gasteiger partial charge in [-0.1, -0.05) is 30.3 Å². The van der Waals surface area contributed by atoms with E-state index in [0.29, 0.717) is 0 Å². The van der Waals surface area contributed by atoms with Crippen molar-refractivity contribution in [2.45, 2.75) is 6.54 Å². The molecule has 0 unspecified atom stereocenters. The van der Waals surface area contributed by atoms with Gasteiger partial charge in [0.05, 0.1) is 6.54 Å². The second kappa shape index (κ2) is 7.24. The Kier molecular flexibility index (Phi) is 5.93. The van der Waals surface area contributed by atoms with Gasteiger partial charge in [0.25, 0.3) is 0 Å². The molecule has 1 aromatic rings. The summed E-state index contributed by atoms with van der Waals surface area (Å²) in [5.41, 5.74) is 7.92. The SMILES string of the molecule is CNNC(=O)N(Cc1ccccc1)N[C-]=O.[Fm]. The average Bonchev–Trinajstić information content (AvgIpc) is 2.30. The van der Waals surface area contributed by atoms with Crippen LogP contribution in [0.3, 0.4) is 0 Å². The Hall–Kier alpha value is -3.08. The fraction of sp³-hybridized carbons (Fsp3) is 0.200. The molecule has 3 N–H and O–H groups in total. The van der Waals surface area contributed by atoms with Crippen molar-refractivity contribution in [3.05, 3.63) is 35.9 Å². The number of carbonyl (C=O) groups is 1.